The zero-order chi connectivity index (χ0) is 15.1. The second-order valence-electron chi connectivity index (χ2n) is 4.46. The van der Waals surface area contributed by atoms with Crippen LogP contribution < -0.4 is 5.32 Å². The number of nitrogens with one attached hydrogen (secondary N) is 1. The van der Waals surface area contributed by atoms with Crippen molar-refractivity contribution < 1.29 is 9.90 Å². The van der Waals surface area contributed by atoms with Gasteiger partial charge in [0.15, 0.2) is 5.16 Å². The number of benzene rings is 1. The highest BCUT2D eigenvalue weighted by Gasteiger charge is 2.38. The standard InChI is InChI=1S/C15H17N3O2S/c1-16-15(13(19)20,12-6-3-2-4-7-12)8-11-21-14-17-9-5-10-18-14/h2-7,9-10,16H,8,11H2,1H3,(H,19,20). The second kappa shape index (κ2) is 7.19. The molecule has 6 heteroatoms. The minimum absolute atomic E-state index is 0.436. The van der Waals surface area contributed by atoms with Crippen molar-refractivity contribution in [3.8, 4) is 0 Å². The molecule has 0 amide bonds. The fraction of sp³-hybridized carbons (Fsp3) is 0.267. The Morgan fingerprint density at radius 1 is 1.24 bits per heavy atom. The Hall–Kier alpha value is -1.92. The van der Waals surface area contributed by atoms with Gasteiger partial charge in [-0.25, -0.2) is 14.8 Å². The molecule has 1 aromatic heterocycles. The van der Waals surface area contributed by atoms with Crippen molar-refractivity contribution in [2.45, 2.75) is 17.1 Å². The number of thioether (sulfide) groups is 1. The van der Waals surface area contributed by atoms with Gasteiger partial charge in [0.1, 0.15) is 5.54 Å². The van der Waals surface area contributed by atoms with Crippen LogP contribution in [-0.4, -0.2) is 33.8 Å². The van der Waals surface area contributed by atoms with E-state index in [2.05, 4.69) is 15.3 Å². The molecule has 1 unspecified atom stereocenters. The van der Waals surface area contributed by atoms with Gasteiger partial charge in [-0.05, 0) is 25.1 Å². The number of hydrogen-bond donors (Lipinski definition) is 2. The Balaban J connectivity index is 2.12. The van der Waals surface area contributed by atoms with Gasteiger partial charge in [0.05, 0.1) is 0 Å². The molecule has 2 N–H and O–H groups in total. The average Bonchev–Trinajstić information content (AvgIpc) is 2.53. The number of aliphatic carboxylic acids is 1. The average molecular weight is 303 g/mol. The molecule has 0 radical (unpaired) electrons. The van der Waals surface area contributed by atoms with Gasteiger partial charge in [-0.15, -0.1) is 0 Å². The Bertz CT molecular complexity index is 580. The first kappa shape index (κ1) is 15.5. The number of likely N-dealkylation sites (N-methyl/N-ethyl adjacent to an activating group) is 1. The molecular weight excluding hydrogens is 286 g/mol. The molecule has 1 aromatic carbocycles. The first-order valence-corrected chi connectivity index (χ1v) is 7.55. The van der Waals surface area contributed by atoms with E-state index in [-0.39, 0.29) is 0 Å². The van der Waals surface area contributed by atoms with Gasteiger partial charge in [-0.3, -0.25) is 0 Å². The summed E-state index contributed by atoms with van der Waals surface area (Å²) in [6.07, 6.45) is 3.79. The molecule has 1 atom stereocenters. The van der Waals surface area contributed by atoms with Gasteiger partial charge in [-0.2, -0.15) is 0 Å². The van der Waals surface area contributed by atoms with E-state index in [4.69, 9.17) is 0 Å². The van der Waals surface area contributed by atoms with Crippen LogP contribution in [0, 0.1) is 0 Å². The largest absolute Gasteiger partial charge is 0.480 e. The van der Waals surface area contributed by atoms with Crippen LogP contribution in [0.2, 0.25) is 0 Å². The van der Waals surface area contributed by atoms with E-state index in [0.717, 1.165) is 5.56 Å². The first-order valence-electron chi connectivity index (χ1n) is 6.57. The molecule has 0 spiro atoms. The van der Waals surface area contributed by atoms with Crippen LogP contribution in [0.3, 0.4) is 0 Å². The van der Waals surface area contributed by atoms with E-state index in [1.54, 1.807) is 25.5 Å². The van der Waals surface area contributed by atoms with Crippen molar-refractivity contribution in [1.29, 1.82) is 0 Å². The van der Waals surface area contributed by atoms with Crippen molar-refractivity contribution in [2.75, 3.05) is 12.8 Å². The number of hydrogen-bond acceptors (Lipinski definition) is 5. The monoisotopic (exact) mass is 303 g/mol. The van der Waals surface area contributed by atoms with Gasteiger partial charge < -0.3 is 10.4 Å². The molecule has 0 saturated carbocycles. The maximum Gasteiger partial charge on any atom is 0.328 e. The molecule has 0 saturated heterocycles. The van der Waals surface area contributed by atoms with Crippen LogP contribution in [-0.2, 0) is 10.3 Å². The third-order valence-corrected chi connectivity index (χ3v) is 4.19. The molecular formula is C15H17N3O2S. The number of aromatic nitrogens is 2. The number of carbonyl (C=O) groups is 1. The summed E-state index contributed by atoms with van der Waals surface area (Å²) in [4.78, 5) is 20.0. The van der Waals surface area contributed by atoms with Crippen LogP contribution in [0.15, 0.2) is 53.9 Å². The van der Waals surface area contributed by atoms with Crippen molar-refractivity contribution in [3.63, 3.8) is 0 Å². The smallest absolute Gasteiger partial charge is 0.328 e. The SMILES string of the molecule is CNC(CCSc1ncccn1)(C(=O)O)c1ccccc1. The summed E-state index contributed by atoms with van der Waals surface area (Å²) in [5, 5.41) is 13.3. The number of carboxylic acids is 1. The summed E-state index contributed by atoms with van der Waals surface area (Å²) in [6.45, 7) is 0. The minimum Gasteiger partial charge on any atom is -0.480 e. The molecule has 0 bridgehead atoms. The summed E-state index contributed by atoms with van der Waals surface area (Å²) in [5.74, 6) is -0.280. The Morgan fingerprint density at radius 3 is 2.48 bits per heavy atom. The van der Waals surface area contributed by atoms with Crippen LogP contribution in [0.5, 0.6) is 0 Å². The third-order valence-electron chi connectivity index (χ3n) is 3.31. The molecule has 2 rings (SSSR count). The lowest BCUT2D eigenvalue weighted by atomic mass is 9.87. The van der Waals surface area contributed by atoms with Gasteiger partial charge >= 0.3 is 5.97 Å². The van der Waals surface area contributed by atoms with E-state index in [9.17, 15) is 9.90 Å². The normalized spacial score (nSPS) is 13.6. The summed E-state index contributed by atoms with van der Waals surface area (Å²) >= 11 is 1.45. The maximum atomic E-state index is 11.8. The summed E-state index contributed by atoms with van der Waals surface area (Å²) in [6, 6.07) is 11.0. The second-order valence-corrected chi connectivity index (χ2v) is 5.52. The lowest BCUT2D eigenvalue weighted by molar-refractivity contribution is -0.145. The van der Waals surface area contributed by atoms with Crippen LogP contribution in [0.4, 0.5) is 0 Å². The van der Waals surface area contributed by atoms with E-state index in [1.165, 1.54) is 11.8 Å². The third kappa shape index (κ3) is 3.59. The Morgan fingerprint density at radius 2 is 1.90 bits per heavy atom. The van der Waals surface area contributed by atoms with Gasteiger partial charge in [0, 0.05) is 18.1 Å². The van der Waals surface area contributed by atoms with Gasteiger partial charge in [0.2, 0.25) is 0 Å². The van der Waals surface area contributed by atoms with Crippen molar-refractivity contribution >= 4 is 17.7 Å². The molecule has 110 valence electrons. The molecule has 0 fully saturated rings. The molecule has 0 aliphatic rings. The van der Waals surface area contributed by atoms with Crippen molar-refractivity contribution in [2.24, 2.45) is 0 Å². The van der Waals surface area contributed by atoms with Gasteiger partial charge in [-0.1, -0.05) is 42.1 Å². The highest BCUT2D eigenvalue weighted by atomic mass is 32.2. The Kier molecular flexibility index (Phi) is 5.30. The molecule has 21 heavy (non-hydrogen) atoms. The lowest BCUT2D eigenvalue weighted by Gasteiger charge is -2.29. The molecule has 2 aromatic rings. The fourth-order valence-electron chi connectivity index (χ4n) is 2.13. The lowest BCUT2D eigenvalue weighted by Crippen LogP contribution is -2.47. The fourth-order valence-corrected chi connectivity index (χ4v) is 2.99. The molecule has 1 heterocycles. The highest BCUT2D eigenvalue weighted by molar-refractivity contribution is 7.99. The summed E-state index contributed by atoms with van der Waals surface area (Å²) < 4.78 is 0. The van der Waals surface area contributed by atoms with Gasteiger partial charge in [0.25, 0.3) is 0 Å². The van der Waals surface area contributed by atoms with Crippen LogP contribution in [0.25, 0.3) is 0 Å². The first-order chi connectivity index (χ1) is 10.2. The van der Waals surface area contributed by atoms with E-state index >= 15 is 0 Å². The van der Waals surface area contributed by atoms with E-state index in [0.29, 0.717) is 17.3 Å². The number of carboxylic acid groups (broad SMARTS) is 1. The molecule has 0 aliphatic carbocycles. The van der Waals surface area contributed by atoms with Crippen LogP contribution in [0.1, 0.15) is 12.0 Å². The topological polar surface area (TPSA) is 75.1 Å². The van der Waals surface area contributed by atoms with Crippen LogP contribution >= 0.6 is 11.8 Å². The summed E-state index contributed by atoms with van der Waals surface area (Å²) in [7, 11) is 1.67. The van der Waals surface area contributed by atoms with E-state index < -0.39 is 11.5 Å². The zero-order valence-electron chi connectivity index (χ0n) is 11.7. The maximum absolute atomic E-state index is 11.8. The quantitative estimate of drug-likeness (QED) is 0.603. The predicted molar refractivity (Wildman–Crippen MR) is 82.2 cm³/mol. The highest BCUT2D eigenvalue weighted by Crippen LogP contribution is 2.28. The molecule has 0 aliphatic heterocycles. The number of nitrogens with zero attached hydrogens (tertiary/aromatic N) is 2. The number of rotatable bonds is 7. The van der Waals surface area contributed by atoms with Crippen molar-refractivity contribution in [3.05, 3.63) is 54.4 Å². The van der Waals surface area contributed by atoms with E-state index in [1.807, 2.05) is 30.3 Å². The minimum atomic E-state index is -1.09. The summed E-state index contributed by atoms with van der Waals surface area (Å²) in [5.41, 5.74) is -0.349. The predicted octanol–water partition coefficient (Wildman–Crippen LogP) is 2.16. The Labute approximate surface area is 127 Å². The zero-order valence-corrected chi connectivity index (χ0v) is 12.5. The molecule has 5 nitrogen and oxygen atoms in total. The van der Waals surface area contributed by atoms with Crippen molar-refractivity contribution in [1.82, 2.24) is 15.3 Å².